The molecule has 7 heteroatoms. The topological polar surface area (TPSA) is 86.5 Å². The van der Waals surface area contributed by atoms with Crippen LogP contribution in [-0.4, -0.2) is 26.1 Å². The van der Waals surface area contributed by atoms with Gasteiger partial charge in [0.15, 0.2) is 0 Å². The van der Waals surface area contributed by atoms with Crippen LogP contribution in [0.3, 0.4) is 0 Å². The van der Waals surface area contributed by atoms with Crippen molar-refractivity contribution >= 4 is 44.7 Å². The Balaban J connectivity index is 1.63. The van der Waals surface area contributed by atoms with Gasteiger partial charge >= 0.3 is 0 Å². The van der Waals surface area contributed by atoms with Crippen LogP contribution in [0.1, 0.15) is 20.4 Å². The second kappa shape index (κ2) is 6.31. The van der Waals surface area contributed by atoms with Gasteiger partial charge in [-0.1, -0.05) is 12.1 Å². The normalized spacial score (nSPS) is 11.4. The highest BCUT2D eigenvalue weighted by Gasteiger charge is 2.17. The maximum atomic E-state index is 12.8. The highest BCUT2D eigenvalue weighted by atomic mass is 32.1. The zero-order valence-electron chi connectivity index (χ0n) is 15.3. The standard InChI is InChI=1S/C21H17N5OS/c1-11-20(24-12(2)28-11)21(27)25-18-8-13(9-19-16(18)10-23-26-19)14-4-3-5-17-15(14)6-7-22-17/h3-10,22H,1-2H3,(H,23,26)(H,25,27). The Kier molecular flexibility index (Phi) is 3.77. The number of nitrogens with one attached hydrogen (secondary N) is 3. The summed E-state index contributed by atoms with van der Waals surface area (Å²) in [5.41, 5.74) is 5.21. The first-order valence-electron chi connectivity index (χ1n) is 8.89. The van der Waals surface area contributed by atoms with Gasteiger partial charge in [-0.05, 0) is 49.2 Å². The molecule has 5 aromatic rings. The second-order valence-electron chi connectivity index (χ2n) is 6.69. The SMILES string of the molecule is Cc1nc(C(=O)Nc2cc(-c3cccc4[nH]ccc34)cc3[nH]ncc23)c(C)s1. The highest BCUT2D eigenvalue weighted by Crippen LogP contribution is 2.34. The molecule has 6 nitrogen and oxygen atoms in total. The molecular formula is C21H17N5OS. The van der Waals surface area contributed by atoms with Crippen molar-refractivity contribution in [3.05, 3.63) is 64.4 Å². The highest BCUT2D eigenvalue weighted by molar-refractivity contribution is 7.11. The molecule has 3 heterocycles. The summed E-state index contributed by atoms with van der Waals surface area (Å²) in [5, 5.41) is 13.1. The van der Waals surface area contributed by atoms with Crippen molar-refractivity contribution in [1.29, 1.82) is 0 Å². The van der Waals surface area contributed by atoms with Crippen molar-refractivity contribution in [3.8, 4) is 11.1 Å². The predicted molar refractivity (Wildman–Crippen MR) is 113 cm³/mol. The first-order valence-corrected chi connectivity index (χ1v) is 9.71. The lowest BCUT2D eigenvalue weighted by Gasteiger charge is -2.10. The third kappa shape index (κ3) is 2.68. The maximum absolute atomic E-state index is 12.8. The number of hydrogen-bond acceptors (Lipinski definition) is 4. The summed E-state index contributed by atoms with van der Waals surface area (Å²) < 4.78 is 0. The quantitative estimate of drug-likeness (QED) is 0.405. The molecule has 0 spiro atoms. The van der Waals surface area contributed by atoms with Gasteiger partial charge < -0.3 is 10.3 Å². The van der Waals surface area contributed by atoms with Crippen LogP contribution in [0.25, 0.3) is 32.9 Å². The average molecular weight is 387 g/mol. The average Bonchev–Trinajstić information content (AvgIpc) is 3.40. The van der Waals surface area contributed by atoms with Crippen molar-refractivity contribution in [1.82, 2.24) is 20.2 Å². The fourth-order valence-corrected chi connectivity index (χ4v) is 4.38. The van der Waals surface area contributed by atoms with E-state index >= 15 is 0 Å². The monoisotopic (exact) mass is 387 g/mol. The smallest absolute Gasteiger partial charge is 0.275 e. The summed E-state index contributed by atoms with van der Waals surface area (Å²) in [6.45, 7) is 3.82. The first-order chi connectivity index (χ1) is 13.6. The zero-order valence-corrected chi connectivity index (χ0v) is 16.1. The molecule has 2 aromatic carbocycles. The molecule has 0 bridgehead atoms. The summed E-state index contributed by atoms with van der Waals surface area (Å²) in [4.78, 5) is 21.3. The van der Waals surface area contributed by atoms with Gasteiger partial charge in [0.2, 0.25) is 0 Å². The van der Waals surface area contributed by atoms with Gasteiger partial charge in [-0.3, -0.25) is 9.89 Å². The van der Waals surface area contributed by atoms with Gasteiger partial charge in [0, 0.05) is 27.4 Å². The number of rotatable bonds is 3. The van der Waals surface area contributed by atoms with Gasteiger partial charge in [-0.25, -0.2) is 4.98 Å². The Morgan fingerprint density at radius 1 is 1.11 bits per heavy atom. The molecule has 138 valence electrons. The Morgan fingerprint density at radius 2 is 2.00 bits per heavy atom. The van der Waals surface area contributed by atoms with Crippen molar-refractivity contribution in [3.63, 3.8) is 0 Å². The van der Waals surface area contributed by atoms with Crippen LogP contribution < -0.4 is 5.32 Å². The fraction of sp³-hybridized carbons (Fsp3) is 0.0952. The van der Waals surface area contributed by atoms with Crippen molar-refractivity contribution in [2.45, 2.75) is 13.8 Å². The van der Waals surface area contributed by atoms with E-state index in [9.17, 15) is 4.79 Å². The second-order valence-corrected chi connectivity index (χ2v) is 8.10. The van der Waals surface area contributed by atoms with Crippen LogP contribution in [0, 0.1) is 13.8 Å². The largest absolute Gasteiger partial charge is 0.361 e. The third-order valence-corrected chi connectivity index (χ3v) is 5.72. The minimum Gasteiger partial charge on any atom is -0.361 e. The number of H-pyrrole nitrogens is 2. The molecule has 1 amide bonds. The van der Waals surface area contributed by atoms with Crippen LogP contribution in [-0.2, 0) is 0 Å². The van der Waals surface area contributed by atoms with E-state index in [4.69, 9.17) is 0 Å². The number of benzene rings is 2. The molecule has 0 saturated heterocycles. The third-order valence-electron chi connectivity index (χ3n) is 4.83. The zero-order chi connectivity index (χ0) is 19.3. The number of carbonyl (C=O) groups is 1. The summed E-state index contributed by atoms with van der Waals surface area (Å²) in [7, 11) is 0. The van der Waals surface area contributed by atoms with E-state index in [1.165, 1.54) is 11.3 Å². The lowest BCUT2D eigenvalue weighted by molar-refractivity contribution is 0.102. The van der Waals surface area contributed by atoms with Gasteiger partial charge in [0.1, 0.15) is 5.69 Å². The lowest BCUT2D eigenvalue weighted by Crippen LogP contribution is -2.13. The van der Waals surface area contributed by atoms with E-state index in [1.54, 1.807) is 6.20 Å². The first kappa shape index (κ1) is 16.7. The van der Waals surface area contributed by atoms with Crippen LogP contribution in [0.15, 0.2) is 48.8 Å². The van der Waals surface area contributed by atoms with Crippen LogP contribution in [0.4, 0.5) is 5.69 Å². The van der Waals surface area contributed by atoms with E-state index in [0.29, 0.717) is 11.4 Å². The van der Waals surface area contributed by atoms with Crippen LogP contribution >= 0.6 is 11.3 Å². The summed E-state index contributed by atoms with van der Waals surface area (Å²) in [6, 6.07) is 12.2. The van der Waals surface area contributed by atoms with Crippen molar-refractivity contribution in [2.24, 2.45) is 0 Å². The summed E-state index contributed by atoms with van der Waals surface area (Å²) in [5.74, 6) is -0.207. The van der Waals surface area contributed by atoms with E-state index in [-0.39, 0.29) is 5.91 Å². The minimum atomic E-state index is -0.207. The number of thiazole rings is 1. The Hall–Kier alpha value is -3.45. The molecule has 28 heavy (non-hydrogen) atoms. The molecule has 0 aliphatic heterocycles. The van der Waals surface area contributed by atoms with Gasteiger partial charge in [0.05, 0.1) is 22.4 Å². The molecule has 0 fully saturated rings. The summed E-state index contributed by atoms with van der Waals surface area (Å²) in [6.07, 6.45) is 3.66. The maximum Gasteiger partial charge on any atom is 0.275 e. The number of aromatic nitrogens is 4. The molecule has 0 atom stereocenters. The van der Waals surface area contributed by atoms with Crippen molar-refractivity contribution < 1.29 is 4.79 Å². The van der Waals surface area contributed by atoms with E-state index in [0.717, 1.165) is 42.8 Å². The van der Waals surface area contributed by atoms with Gasteiger partial charge in [0.25, 0.3) is 5.91 Å². The number of carbonyl (C=O) groups excluding carboxylic acids is 1. The Bertz CT molecular complexity index is 1340. The number of amides is 1. The predicted octanol–water partition coefficient (Wildman–Crippen LogP) is 5.04. The molecule has 0 radical (unpaired) electrons. The minimum absolute atomic E-state index is 0.207. The van der Waals surface area contributed by atoms with Gasteiger partial charge in [-0.2, -0.15) is 5.10 Å². The molecule has 3 N–H and O–H groups in total. The number of nitrogens with zero attached hydrogens (tertiary/aromatic N) is 2. The molecule has 0 aliphatic rings. The van der Waals surface area contributed by atoms with Gasteiger partial charge in [-0.15, -0.1) is 11.3 Å². The van der Waals surface area contributed by atoms with Crippen molar-refractivity contribution in [2.75, 3.05) is 5.32 Å². The fourth-order valence-electron chi connectivity index (χ4n) is 3.57. The molecule has 0 unspecified atom stereocenters. The van der Waals surface area contributed by atoms with Crippen LogP contribution in [0.2, 0.25) is 0 Å². The Morgan fingerprint density at radius 3 is 2.82 bits per heavy atom. The number of anilines is 1. The molecule has 5 rings (SSSR count). The number of hydrogen-bond donors (Lipinski definition) is 3. The van der Waals surface area contributed by atoms with E-state index in [2.05, 4.69) is 43.7 Å². The number of fused-ring (bicyclic) bond motifs is 2. The van der Waals surface area contributed by atoms with Crippen LogP contribution in [0.5, 0.6) is 0 Å². The Labute approximate surface area is 164 Å². The lowest BCUT2D eigenvalue weighted by atomic mass is 9.99. The molecule has 0 aliphatic carbocycles. The molecular weight excluding hydrogens is 370 g/mol. The van der Waals surface area contributed by atoms with E-state index in [1.807, 2.05) is 38.2 Å². The number of aryl methyl sites for hydroxylation is 2. The molecule has 3 aromatic heterocycles. The summed E-state index contributed by atoms with van der Waals surface area (Å²) >= 11 is 1.52. The van der Waals surface area contributed by atoms with E-state index < -0.39 is 0 Å². The molecule has 0 saturated carbocycles. The number of aromatic amines is 2.